The predicted octanol–water partition coefficient (Wildman–Crippen LogP) is 0.0361. The van der Waals surface area contributed by atoms with Crippen molar-refractivity contribution in [3.05, 3.63) is 0 Å². The molecule has 0 aromatic heterocycles. The molecule has 4 heteroatoms. The number of nitrogens with one attached hydrogen (secondary N) is 1. The minimum absolute atomic E-state index is 0.219. The minimum Gasteiger partial charge on any atom is -0.394 e. The summed E-state index contributed by atoms with van der Waals surface area (Å²) in [5.74, 6) is -0.223. The van der Waals surface area contributed by atoms with E-state index in [4.69, 9.17) is 10.2 Å². The lowest BCUT2D eigenvalue weighted by molar-refractivity contribution is -0.122. The number of hydrogen-bond donors (Lipinski definition) is 3. The van der Waals surface area contributed by atoms with E-state index >= 15 is 0 Å². The van der Waals surface area contributed by atoms with E-state index < -0.39 is 5.54 Å². The number of unbranched alkanes of at least 4 members (excludes halogenated alkanes) is 1. The second-order valence-corrected chi connectivity index (χ2v) is 3.38. The van der Waals surface area contributed by atoms with Gasteiger partial charge in [-0.05, 0) is 6.42 Å². The molecule has 0 aromatic carbocycles. The van der Waals surface area contributed by atoms with Crippen molar-refractivity contribution < 1.29 is 15.0 Å². The van der Waals surface area contributed by atoms with Crippen LogP contribution in [0.5, 0.6) is 0 Å². The van der Waals surface area contributed by atoms with Crippen LogP contribution in [0.25, 0.3) is 0 Å². The van der Waals surface area contributed by atoms with Gasteiger partial charge >= 0.3 is 0 Å². The molecule has 0 radical (unpaired) electrons. The number of carbonyl (C=O) groups excluding carboxylic acids is 1. The Labute approximate surface area is 79.0 Å². The first kappa shape index (κ1) is 12.4. The highest BCUT2D eigenvalue weighted by Gasteiger charge is 2.28. The van der Waals surface area contributed by atoms with Crippen LogP contribution in [0.4, 0.5) is 0 Å². The van der Waals surface area contributed by atoms with Crippen LogP contribution in [0.2, 0.25) is 0 Å². The van der Waals surface area contributed by atoms with Crippen LogP contribution in [0, 0.1) is 0 Å². The molecule has 0 saturated carbocycles. The Kier molecular flexibility index (Phi) is 5.66. The molecule has 0 rings (SSSR count). The van der Waals surface area contributed by atoms with Crippen LogP contribution in [0.1, 0.15) is 33.1 Å². The average molecular weight is 189 g/mol. The summed E-state index contributed by atoms with van der Waals surface area (Å²) in [5, 5.41) is 20.7. The highest BCUT2D eigenvalue weighted by Crippen LogP contribution is 2.13. The molecule has 0 aliphatic carbocycles. The second-order valence-electron chi connectivity index (χ2n) is 3.38. The molecule has 78 valence electrons. The molecule has 0 atom stereocenters. The van der Waals surface area contributed by atoms with Crippen LogP contribution in [0.3, 0.4) is 0 Å². The third-order valence-corrected chi connectivity index (χ3v) is 2.06. The fourth-order valence-corrected chi connectivity index (χ4v) is 1.24. The molecule has 4 nitrogen and oxygen atoms in total. The number of aliphatic hydroxyl groups is 2. The third-order valence-electron chi connectivity index (χ3n) is 2.06. The molecule has 0 aromatic rings. The molecular formula is C9H19NO3. The lowest BCUT2D eigenvalue weighted by Crippen LogP contribution is -2.53. The van der Waals surface area contributed by atoms with E-state index in [1.54, 1.807) is 0 Å². The quantitative estimate of drug-likeness (QED) is 0.552. The number of rotatable bonds is 6. The van der Waals surface area contributed by atoms with Gasteiger partial charge in [-0.2, -0.15) is 0 Å². The van der Waals surface area contributed by atoms with Crippen molar-refractivity contribution in [3.8, 4) is 0 Å². The van der Waals surface area contributed by atoms with Gasteiger partial charge in [-0.3, -0.25) is 4.79 Å². The van der Waals surface area contributed by atoms with Crippen molar-refractivity contribution in [2.45, 2.75) is 38.6 Å². The summed E-state index contributed by atoms with van der Waals surface area (Å²) >= 11 is 0. The monoisotopic (exact) mass is 189 g/mol. The molecule has 0 saturated heterocycles. The Morgan fingerprint density at radius 1 is 1.38 bits per heavy atom. The number of aliphatic hydroxyl groups excluding tert-OH is 2. The van der Waals surface area contributed by atoms with Gasteiger partial charge in [0.25, 0.3) is 0 Å². The van der Waals surface area contributed by atoms with Crippen LogP contribution in [0.15, 0.2) is 0 Å². The fourth-order valence-electron chi connectivity index (χ4n) is 1.24. The molecule has 0 unspecified atom stereocenters. The van der Waals surface area contributed by atoms with Gasteiger partial charge < -0.3 is 15.5 Å². The zero-order valence-electron chi connectivity index (χ0n) is 8.34. The molecule has 0 aliphatic rings. The molecule has 0 spiro atoms. The lowest BCUT2D eigenvalue weighted by Gasteiger charge is -2.30. The first-order valence-electron chi connectivity index (χ1n) is 4.60. The zero-order valence-corrected chi connectivity index (χ0v) is 8.34. The minimum atomic E-state index is -0.832. The van der Waals surface area contributed by atoms with Gasteiger partial charge in [-0.1, -0.05) is 19.8 Å². The van der Waals surface area contributed by atoms with E-state index in [2.05, 4.69) is 5.32 Å². The summed E-state index contributed by atoms with van der Waals surface area (Å²) < 4.78 is 0. The Hall–Kier alpha value is -0.610. The van der Waals surface area contributed by atoms with E-state index in [9.17, 15) is 4.79 Å². The largest absolute Gasteiger partial charge is 0.394 e. The summed E-state index contributed by atoms with van der Waals surface area (Å²) in [7, 11) is 0. The Morgan fingerprint density at radius 2 is 1.92 bits per heavy atom. The average Bonchev–Trinajstić information content (AvgIpc) is 2.12. The summed E-state index contributed by atoms with van der Waals surface area (Å²) in [6, 6.07) is 0. The van der Waals surface area contributed by atoms with Crippen LogP contribution < -0.4 is 5.32 Å². The lowest BCUT2D eigenvalue weighted by atomic mass is 9.94. The van der Waals surface area contributed by atoms with Crippen molar-refractivity contribution in [3.63, 3.8) is 0 Å². The van der Waals surface area contributed by atoms with E-state index in [0.717, 1.165) is 12.8 Å². The molecule has 0 fully saturated rings. The van der Waals surface area contributed by atoms with Gasteiger partial charge in [0.2, 0.25) is 5.91 Å². The van der Waals surface area contributed by atoms with Crippen LogP contribution in [-0.2, 0) is 4.79 Å². The topological polar surface area (TPSA) is 69.6 Å². The molecule has 0 heterocycles. The number of carbonyl (C=O) groups is 1. The van der Waals surface area contributed by atoms with Crippen molar-refractivity contribution >= 4 is 5.91 Å². The van der Waals surface area contributed by atoms with E-state index in [1.165, 1.54) is 6.92 Å². The SMILES string of the molecule is CCCCC(CO)(CO)NC(C)=O. The zero-order chi connectivity index (χ0) is 10.3. The highest BCUT2D eigenvalue weighted by atomic mass is 16.3. The van der Waals surface area contributed by atoms with Crippen LogP contribution >= 0.6 is 0 Å². The van der Waals surface area contributed by atoms with Crippen LogP contribution in [-0.4, -0.2) is 34.9 Å². The first-order chi connectivity index (χ1) is 6.10. The smallest absolute Gasteiger partial charge is 0.217 e. The highest BCUT2D eigenvalue weighted by molar-refractivity contribution is 5.73. The summed E-state index contributed by atoms with van der Waals surface area (Å²) in [4.78, 5) is 10.8. The van der Waals surface area contributed by atoms with E-state index in [0.29, 0.717) is 6.42 Å². The molecule has 3 N–H and O–H groups in total. The first-order valence-corrected chi connectivity index (χ1v) is 4.60. The number of amides is 1. The third kappa shape index (κ3) is 4.24. The predicted molar refractivity (Wildman–Crippen MR) is 50.2 cm³/mol. The van der Waals surface area contributed by atoms with Gasteiger partial charge in [-0.15, -0.1) is 0 Å². The van der Waals surface area contributed by atoms with Crippen molar-refractivity contribution in [2.24, 2.45) is 0 Å². The normalized spacial score (nSPS) is 11.4. The van der Waals surface area contributed by atoms with Crippen molar-refractivity contribution in [2.75, 3.05) is 13.2 Å². The molecular weight excluding hydrogens is 170 g/mol. The summed E-state index contributed by atoms with van der Waals surface area (Å²) in [6.07, 6.45) is 2.46. The standard InChI is InChI=1S/C9H19NO3/c1-3-4-5-9(6-11,7-12)10-8(2)13/h11-12H,3-7H2,1-2H3,(H,10,13). The van der Waals surface area contributed by atoms with Gasteiger partial charge in [0, 0.05) is 6.92 Å². The van der Waals surface area contributed by atoms with E-state index in [1.807, 2.05) is 6.92 Å². The van der Waals surface area contributed by atoms with Gasteiger partial charge in [0.1, 0.15) is 0 Å². The Morgan fingerprint density at radius 3 is 2.23 bits per heavy atom. The van der Waals surface area contributed by atoms with Gasteiger partial charge in [0.05, 0.1) is 18.8 Å². The van der Waals surface area contributed by atoms with Gasteiger partial charge in [0.15, 0.2) is 0 Å². The second kappa shape index (κ2) is 5.94. The summed E-state index contributed by atoms with van der Waals surface area (Å²) in [6.45, 7) is 2.96. The molecule has 0 aliphatic heterocycles. The van der Waals surface area contributed by atoms with Gasteiger partial charge in [-0.25, -0.2) is 0 Å². The maximum atomic E-state index is 10.8. The summed E-state index contributed by atoms with van der Waals surface area (Å²) in [5.41, 5.74) is -0.832. The molecule has 0 bridgehead atoms. The molecule has 1 amide bonds. The van der Waals surface area contributed by atoms with Crippen molar-refractivity contribution in [1.29, 1.82) is 0 Å². The fraction of sp³-hybridized carbons (Fsp3) is 0.889. The van der Waals surface area contributed by atoms with E-state index in [-0.39, 0.29) is 19.1 Å². The maximum Gasteiger partial charge on any atom is 0.217 e. The number of hydrogen-bond acceptors (Lipinski definition) is 3. The maximum absolute atomic E-state index is 10.8. The Balaban J connectivity index is 4.21. The Bertz CT molecular complexity index is 155. The molecule has 13 heavy (non-hydrogen) atoms. The van der Waals surface area contributed by atoms with Crippen molar-refractivity contribution in [1.82, 2.24) is 5.32 Å².